The SMILES string of the molecule is C1=NC23CCC(CC2=N1)C3. The number of fused-ring (bicyclic) bond motifs is 1. The first-order valence-electron chi connectivity index (χ1n) is 4.00. The van der Waals surface area contributed by atoms with E-state index in [9.17, 15) is 0 Å². The standard InChI is InChI=1S/C8H10N2/c1-2-8-4-6(1)3-7(8)9-5-10-8/h5-6H,1-4H2. The Balaban J connectivity index is 2.16. The smallest absolute Gasteiger partial charge is 0.111 e. The predicted molar refractivity (Wildman–Crippen MR) is 40.6 cm³/mol. The first kappa shape index (κ1) is 5.05. The molecule has 1 spiro atoms. The fourth-order valence-corrected chi connectivity index (χ4v) is 2.60. The molecule has 2 saturated carbocycles. The zero-order valence-corrected chi connectivity index (χ0v) is 5.88. The number of nitrogens with zero attached hydrogens (tertiary/aromatic N) is 2. The Hall–Kier alpha value is -0.660. The van der Waals surface area contributed by atoms with E-state index < -0.39 is 0 Å². The number of rotatable bonds is 0. The molecule has 0 N–H and O–H groups in total. The second kappa shape index (κ2) is 1.34. The predicted octanol–water partition coefficient (Wildman–Crippen LogP) is 1.41. The summed E-state index contributed by atoms with van der Waals surface area (Å²) in [5.41, 5.74) is 1.62. The molecule has 3 aliphatic rings. The van der Waals surface area contributed by atoms with E-state index in [1.165, 1.54) is 31.4 Å². The highest BCUT2D eigenvalue weighted by molar-refractivity contribution is 6.04. The third-order valence-corrected chi connectivity index (χ3v) is 3.13. The molecule has 2 aliphatic carbocycles. The van der Waals surface area contributed by atoms with Crippen LogP contribution in [-0.2, 0) is 0 Å². The summed E-state index contributed by atoms with van der Waals surface area (Å²) in [6.45, 7) is 0. The Bertz CT molecular complexity index is 242. The van der Waals surface area contributed by atoms with Crippen molar-refractivity contribution in [2.75, 3.05) is 0 Å². The molecule has 2 atom stereocenters. The summed E-state index contributed by atoms with van der Waals surface area (Å²) in [5.74, 6) is 0.927. The Morgan fingerprint density at radius 1 is 1.60 bits per heavy atom. The summed E-state index contributed by atoms with van der Waals surface area (Å²) < 4.78 is 0. The van der Waals surface area contributed by atoms with E-state index in [1.807, 2.05) is 0 Å². The highest BCUT2D eigenvalue weighted by atomic mass is 15.1. The van der Waals surface area contributed by atoms with Gasteiger partial charge in [0.25, 0.3) is 0 Å². The maximum atomic E-state index is 4.46. The van der Waals surface area contributed by atoms with Crippen LogP contribution in [-0.4, -0.2) is 17.6 Å². The van der Waals surface area contributed by atoms with Gasteiger partial charge in [-0.3, -0.25) is 4.99 Å². The molecular weight excluding hydrogens is 124 g/mol. The van der Waals surface area contributed by atoms with Crippen LogP contribution in [0.25, 0.3) is 0 Å². The van der Waals surface area contributed by atoms with Crippen molar-refractivity contribution in [1.82, 2.24) is 0 Å². The van der Waals surface area contributed by atoms with Crippen LogP contribution < -0.4 is 0 Å². The molecular formula is C8H10N2. The highest BCUT2D eigenvalue weighted by Crippen LogP contribution is 2.49. The average Bonchev–Trinajstić information content (AvgIpc) is 2.48. The second-order valence-corrected chi connectivity index (χ2v) is 3.66. The lowest BCUT2D eigenvalue weighted by Crippen LogP contribution is -2.27. The summed E-state index contributed by atoms with van der Waals surface area (Å²) in [4.78, 5) is 8.76. The molecule has 3 rings (SSSR count). The van der Waals surface area contributed by atoms with Gasteiger partial charge < -0.3 is 0 Å². The van der Waals surface area contributed by atoms with E-state index in [2.05, 4.69) is 9.98 Å². The molecule has 1 heterocycles. The minimum absolute atomic E-state index is 0.241. The average molecular weight is 134 g/mol. The largest absolute Gasteiger partial charge is 0.261 e. The van der Waals surface area contributed by atoms with Gasteiger partial charge in [0, 0.05) is 5.71 Å². The number of hydrogen-bond acceptors (Lipinski definition) is 2. The molecule has 10 heavy (non-hydrogen) atoms. The number of aliphatic imine (C=N–C) groups is 2. The van der Waals surface area contributed by atoms with Gasteiger partial charge in [-0.25, -0.2) is 4.99 Å². The summed E-state index contributed by atoms with van der Waals surface area (Å²) in [5, 5.41) is 0. The van der Waals surface area contributed by atoms with Crippen LogP contribution in [0.3, 0.4) is 0 Å². The van der Waals surface area contributed by atoms with Crippen molar-refractivity contribution in [3.8, 4) is 0 Å². The molecule has 2 bridgehead atoms. The fraction of sp³-hybridized carbons (Fsp3) is 0.750. The lowest BCUT2D eigenvalue weighted by Gasteiger charge is -2.18. The van der Waals surface area contributed by atoms with Crippen molar-refractivity contribution in [2.45, 2.75) is 31.2 Å². The monoisotopic (exact) mass is 134 g/mol. The van der Waals surface area contributed by atoms with Gasteiger partial charge in [0.05, 0.1) is 0 Å². The molecule has 2 nitrogen and oxygen atoms in total. The lowest BCUT2D eigenvalue weighted by molar-refractivity contribution is 0.591. The quantitative estimate of drug-likeness (QED) is 0.478. The fourth-order valence-electron chi connectivity index (χ4n) is 2.60. The van der Waals surface area contributed by atoms with Gasteiger partial charge >= 0.3 is 0 Å². The van der Waals surface area contributed by atoms with Crippen molar-refractivity contribution in [2.24, 2.45) is 15.9 Å². The maximum absolute atomic E-state index is 4.46. The van der Waals surface area contributed by atoms with Crippen LogP contribution in [0.5, 0.6) is 0 Å². The molecule has 0 aromatic heterocycles. The van der Waals surface area contributed by atoms with E-state index in [1.54, 1.807) is 6.34 Å². The van der Waals surface area contributed by atoms with Gasteiger partial charge in [-0.15, -0.1) is 0 Å². The topological polar surface area (TPSA) is 24.7 Å². The summed E-state index contributed by atoms with van der Waals surface area (Å²) in [6, 6.07) is 0. The van der Waals surface area contributed by atoms with Crippen LogP contribution in [0.15, 0.2) is 9.98 Å². The van der Waals surface area contributed by atoms with E-state index in [0.29, 0.717) is 0 Å². The Morgan fingerprint density at radius 3 is 3.40 bits per heavy atom. The molecule has 2 unspecified atom stereocenters. The molecule has 0 aromatic carbocycles. The van der Waals surface area contributed by atoms with E-state index in [4.69, 9.17) is 0 Å². The third kappa shape index (κ3) is 0.395. The zero-order chi connectivity index (χ0) is 6.60. The third-order valence-electron chi connectivity index (χ3n) is 3.13. The molecule has 2 heteroatoms. The molecule has 0 amide bonds. The normalized spacial score (nSPS) is 48.0. The van der Waals surface area contributed by atoms with Gasteiger partial charge in [0.15, 0.2) is 0 Å². The zero-order valence-electron chi connectivity index (χ0n) is 5.88. The van der Waals surface area contributed by atoms with Crippen molar-refractivity contribution in [1.29, 1.82) is 0 Å². The molecule has 2 fully saturated rings. The van der Waals surface area contributed by atoms with Gasteiger partial charge in [-0.1, -0.05) is 0 Å². The summed E-state index contributed by atoms with van der Waals surface area (Å²) in [7, 11) is 0. The molecule has 0 aromatic rings. The maximum Gasteiger partial charge on any atom is 0.111 e. The number of hydrogen-bond donors (Lipinski definition) is 0. The highest BCUT2D eigenvalue weighted by Gasteiger charge is 2.50. The van der Waals surface area contributed by atoms with Crippen LogP contribution in [0.2, 0.25) is 0 Å². The minimum Gasteiger partial charge on any atom is -0.261 e. The van der Waals surface area contributed by atoms with Gasteiger partial charge in [0.1, 0.15) is 11.9 Å². The van der Waals surface area contributed by atoms with Crippen molar-refractivity contribution in [3.63, 3.8) is 0 Å². The van der Waals surface area contributed by atoms with Gasteiger partial charge in [-0.2, -0.15) is 0 Å². The summed E-state index contributed by atoms with van der Waals surface area (Å²) in [6.07, 6.45) is 6.95. The molecule has 0 saturated heterocycles. The first-order valence-corrected chi connectivity index (χ1v) is 4.00. The van der Waals surface area contributed by atoms with Gasteiger partial charge in [-0.05, 0) is 31.6 Å². The van der Waals surface area contributed by atoms with Crippen LogP contribution in [0, 0.1) is 5.92 Å². The molecule has 52 valence electrons. The van der Waals surface area contributed by atoms with E-state index in [0.717, 1.165) is 5.92 Å². The Morgan fingerprint density at radius 2 is 2.60 bits per heavy atom. The van der Waals surface area contributed by atoms with Crippen molar-refractivity contribution in [3.05, 3.63) is 0 Å². The van der Waals surface area contributed by atoms with E-state index >= 15 is 0 Å². The van der Waals surface area contributed by atoms with Crippen LogP contribution in [0.4, 0.5) is 0 Å². The van der Waals surface area contributed by atoms with Gasteiger partial charge in [0.2, 0.25) is 0 Å². The molecule has 0 radical (unpaired) electrons. The first-order chi connectivity index (χ1) is 4.89. The molecule has 1 aliphatic heterocycles. The Labute approximate surface area is 60.1 Å². The Kier molecular flexibility index (Phi) is 0.675. The minimum atomic E-state index is 0.241. The van der Waals surface area contributed by atoms with Crippen LogP contribution in [0.1, 0.15) is 25.7 Å². The van der Waals surface area contributed by atoms with E-state index in [-0.39, 0.29) is 5.54 Å². The van der Waals surface area contributed by atoms with Crippen LogP contribution >= 0.6 is 0 Å². The summed E-state index contributed by atoms with van der Waals surface area (Å²) >= 11 is 0. The second-order valence-electron chi connectivity index (χ2n) is 3.66. The lowest BCUT2D eigenvalue weighted by atomic mass is 9.93. The van der Waals surface area contributed by atoms with Crippen molar-refractivity contribution >= 4 is 12.1 Å². The van der Waals surface area contributed by atoms with Crippen molar-refractivity contribution < 1.29 is 0 Å².